The molecule has 1 saturated heterocycles. The van der Waals surface area contributed by atoms with Crippen LogP contribution in [-0.4, -0.2) is 71.4 Å². The van der Waals surface area contributed by atoms with Gasteiger partial charge in [-0.05, 0) is 55.3 Å². The van der Waals surface area contributed by atoms with Crippen molar-refractivity contribution in [3.63, 3.8) is 0 Å². The van der Waals surface area contributed by atoms with Crippen LogP contribution in [-0.2, 0) is 9.47 Å². The largest absolute Gasteiger partial charge is 0.494 e. The van der Waals surface area contributed by atoms with Gasteiger partial charge in [-0.3, -0.25) is 9.20 Å². The van der Waals surface area contributed by atoms with E-state index in [-0.39, 0.29) is 24.0 Å². The first-order valence-corrected chi connectivity index (χ1v) is 13.1. The van der Waals surface area contributed by atoms with E-state index in [1.807, 2.05) is 29.5 Å². The van der Waals surface area contributed by atoms with Gasteiger partial charge >= 0.3 is 0 Å². The van der Waals surface area contributed by atoms with Crippen LogP contribution in [0, 0.1) is 12.7 Å². The molecule has 1 aliphatic rings. The summed E-state index contributed by atoms with van der Waals surface area (Å²) in [6.07, 6.45) is 6.29. The summed E-state index contributed by atoms with van der Waals surface area (Å²) in [5.41, 5.74) is 9.96. The minimum Gasteiger partial charge on any atom is -0.494 e. The van der Waals surface area contributed by atoms with Gasteiger partial charge in [0.2, 0.25) is 0 Å². The normalized spacial score (nSPS) is 17.1. The van der Waals surface area contributed by atoms with Gasteiger partial charge in [0, 0.05) is 49.2 Å². The lowest BCUT2D eigenvalue weighted by Crippen LogP contribution is -2.41. The molecule has 10 nitrogen and oxygen atoms in total. The summed E-state index contributed by atoms with van der Waals surface area (Å²) < 4.78 is 32.3. The fourth-order valence-corrected chi connectivity index (χ4v) is 4.69. The van der Waals surface area contributed by atoms with Crippen LogP contribution in [0.1, 0.15) is 28.8 Å². The minimum atomic E-state index is -0.449. The Morgan fingerprint density at radius 3 is 2.75 bits per heavy atom. The molecule has 1 fully saturated rings. The van der Waals surface area contributed by atoms with E-state index >= 15 is 0 Å². The number of anilines is 2. The summed E-state index contributed by atoms with van der Waals surface area (Å²) in [7, 11) is 3.22. The van der Waals surface area contributed by atoms with Crippen molar-refractivity contribution >= 4 is 23.1 Å². The zero-order valence-corrected chi connectivity index (χ0v) is 22.8. The molecule has 11 heteroatoms. The number of amides is 1. The number of nitrogens with zero attached hydrogens (tertiary/aromatic N) is 4. The number of rotatable bonds is 9. The SMILES string of the molecule is COc1ccc(-c2cnc3c(Nc4ccc(C(=O)N(C)CCCC5OCC(N)CO5)c(C)c4)nccn23)cc1F. The average Bonchev–Trinajstić information content (AvgIpc) is 3.39. The number of benzene rings is 2. The number of fused-ring (bicyclic) bond motifs is 1. The number of carbonyl (C=O) groups excluding carboxylic acids is 1. The van der Waals surface area contributed by atoms with Crippen LogP contribution < -0.4 is 15.8 Å². The Kier molecular flexibility index (Phi) is 8.24. The Labute approximate surface area is 231 Å². The van der Waals surface area contributed by atoms with E-state index in [1.165, 1.54) is 13.2 Å². The third-order valence-corrected chi connectivity index (χ3v) is 6.87. The van der Waals surface area contributed by atoms with Gasteiger partial charge in [0.15, 0.2) is 29.3 Å². The third-order valence-electron chi connectivity index (χ3n) is 6.87. The summed E-state index contributed by atoms with van der Waals surface area (Å²) in [6, 6.07) is 10.3. The summed E-state index contributed by atoms with van der Waals surface area (Å²) in [5, 5.41) is 3.30. The highest BCUT2D eigenvalue weighted by Gasteiger charge is 2.20. The molecule has 0 aliphatic carbocycles. The molecule has 0 bridgehead atoms. The lowest BCUT2D eigenvalue weighted by Gasteiger charge is -2.27. The Hall–Kier alpha value is -4.06. The van der Waals surface area contributed by atoms with Crippen molar-refractivity contribution in [2.45, 2.75) is 32.1 Å². The van der Waals surface area contributed by atoms with Crippen molar-refractivity contribution in [2.24, 2.45) is 5.73 Å². The van der Waals surface area contributed by atoms with Crippen LogP contribution in [0.25, 0.3) is 16.9 Å². The molecule has 0 saturated carbocycles. The second-order valence-corrected chi connectivity index (χ2v) is 9.84. The molecule has 0 radical (unpaired) electrons. The summed E-state index contributed by atoms with van der Waals surface area (Å²) in [6.45, 7) is 3.47. The van der Waals surface area contributed by atoms with Crippen LogP contribution in [0.4, 0.5) is 15.9 Å². The van der Waals surface area contributed by atoms with Gasteiger partial charge in [0.05, 0.1) is 38.3 Å². The molecule has 1 amide bonds. The van der Waals surface area contributed by atoms with Gasteiger partial charge in [0.1, 0.15) is 0 Å². The molecule has 5 rings (SSSR count). The fraction of sp³-hybridized carbons (Fsp3) is 0.345. The third kappa shape index (κ3) is 5.91. The van der Waals surface area contributed by atoms with E-state index in [0.29, 0.717) is 54.5 Å². The van der Waals surface area contributed by atoms with Gasteiger partial charge in [-0.25, -0.2) is 14.4 Å². The molecule has 210 valence electrons. The van der Waals surface area contributed by atoms with Crippen LogP contribution in [0.15, 0.2) is 55.0 Å². The van der Waals surface area contributed by atoms with Crippen LogP contribution >= 0.6 is 0 Å². The average molecular weight is 549 g/mol. The van der Waals surface area contributed by atoms with Gasteiger partial charge < -0.3 is 30.2 Å². The highest BCUT2D eigenvalue weighted by molar-refractivity contribution is 5.96. The lowest BCUT2D eigenvalue weighted by molar-refractivity contribution is -0.188. The fourth-order valence-electron chi connectivity index (χ4n) is 4.69. The molecule has 3 N–H and O–H groups in total. The number of halogens is 1. The standard InChI is InChI=1S/C29H33FN6O4/c1-18-13-21(7-8-22(18)29(37)35(2)11-4-5-26-39-16-20(31)17-40-26)34-27-28-33-15-24(36(28)12-10-32-27)19-6-9-25(38-3)23(30)14-19/h6-10,12-15,20,26H,4-5,11,16-17,31H2,1-3H3,(H,32,34). The number of carbonyl (C=O) groups is 1. The molecule has 0 atom stereocenters. The number of aromatic nitrogens is 3. The molecule has 3 heterocycles. The van der Waals surface area contributed by atoms with Crippen LogP contribution in [0.5, 0.6) is 5.75 Å². The maximum Gasteiger partial charge on any atom is 0.253 e. The smallest absolute Gasteiger partial charge is 0.253 e. The summed E-state index contributed by atoms with van der Waals surface area (Å²) in [5.74, 6) is 0.211. The number of imidazole rings is 1. The first-order valence-electron chi connectivity index (χ1n) is 13.1. The van der Waals surface area contributed by atoms with Gasteiger partial charge in [-0.2, -0.15) is 0 Å². The highest BCUT2D eigenvalue weighted by atomic mass is 19.1. The zero-order chi connectivity index (χ0) is 28.2. The Balaban J connectivity index is 1.25. The van der Waals surface area contributed by atoms with E-state index in [1.54, 1.807) is 42.7 Å². The predicted octanol–water partition coefficient (Wildman–Crippen LogP) is 4.15. The topological polar surface area (TPSA) is 116 Å². The second kappa shape index (κ2) is 12.0. The monoisotopic (exact) mass is 548 g/mol. The Morgan fingerprint density at radius 1 is 1.23 bits per heavy atom. The van der Waals surface area contributed by atoms with Crippen LogP contribution in [0.2, 0.25) is 0 Å². The predicted molar refractivity (Wildman–Crippen MR) is 149 cm³/mol. The number of methoxy groups -OCH3 is 1. The van der Waals surface area contributed by atoms with Crippen molar-refractivity contribution in [1.82, 2.24) is 19.3 Å². The first kappa shape index (κ1) is 27.5. The Bertz CT molecular complexity index is 1500. The van der Waals surface area contributed by atoms with Crippen molar-refractivity contribution in [3.05, 3.63) is 71.9 Å². The maximum atomic E-state index is 14.3. The number of hydrogen-bond acceptors (Lipinski definition) is 8. The second-order valence-electron chi connectivity index (χ2n) is 9.84. The molecular weight excluding hydrogens is 515 g/mol. The number of ether oxygens (including phenoxy) is 3. The number of hydrogen-bond donors (Lipinski definition) is 2. The summed E-state index contributed by atoms with van der Waals surface area (Å²) >= 11 is 0. The van der Waals surface area contributed by atoms with Crippen LogP contribution in [0.3, 0.4) is 0 Å². The molecule has 2 aromatic carbocycles. The summed E-state index contributed by atoms with van der Waals surface area (Å²) in [4.78, 5) is 23.8. The highest BCUT2D eigenvalue weighted by Crippen LogP contribution is 2.29. The molecule has 2 aromatic heterocycles. The quantitative estimate of drug-likeness (QED) is 0.321. The van der Waals surface area contributed by atoms with E-state index < -0.39 is 5.82 Å². The first-order chi connectivity index (χ1) is 19.3. The van der Waals surface area contributed by atoms with Gasteiger partial charge in [-0.15, -0.1) is 0 Å². The Morgan fingerprint density at radius 2 is 2.02 bits per heavy atom. The number of nitrogens with one attached hydrogen (secondary N) is 1. The van der Waals surface area contributed by atoms with Gasteiger partial charge in [0.25, 0.3) is 5.91 Å². The minimum absolute atomic E-state index is 0.0543. The lowest BCUT2D eigenvalue weighted by atomic mass is 10.1. The van der Waals surface area contributed by atoms with Crippen molar-refractivity contribution < 1.29 is 23.4 Å². The zero-order valence-electron chi connectivity index (χ0n) is 22.8. The van der Waals surface area contributed by atoms with Crippen molar-refractivity contribution in [3.8, 4) is 17.0 Å². The molecule has 4 aromatic rings. The van der Waals surface area contributed by atoms with Gasteiger partial charge in [-0.1, -0.05) is 0 Å². The van der Waals surface area contributed by atoms with E-state index in [4.69, 9.17) is 19.9 Å². The van der Waals surface area contributed by atoms with Crippen molar-refractivity contribution in [1.29, 1.82) is 0 Å². The molecule has 0 spiro atoms. The maximum absolute atomic E-state index is 14.3. The van der Waals surface area contributed by atoms with E-state index in [0.717, 1.165) is 17.7 Å². The number of aryl methyl sites for hydroxylation is 1. The molecule has 0 unspecified atom stereocenters. The molecule has 1 aliphatic heterocycles. The molecule has 40 heavy (non-hydrogen) atoms. The molecular formula is C29H33FN6O4. The van der Waals surface area contributed by atoms with E-state index in [2.05, 4.69) is 15.3 Å². The number of nitrogens with two attached hydrogens (primary N) is 1. The van der Waals surface area contributed by atoms with Crippen molar-refractivity contribution in [2.75, 3.05) is 39.2 Å². The van der Waals surface area contributed by atoms with E-state index in [9.17, 15) is 9.18 Å².